The second-order valence-electron chi connectivity index (χ2n) is 5.13. The Balaban J connectivity index is 2.03. The molecular weight excluding hydrogens is 230 g/mol. The fourth-order valence-corrected chi connectivity index (χ4v) is 2.54. The summed E-state index contributed by atoms with van der Waals surface area (Å²) in [6.45, 7) is 5.56. The third-order valence-corrected chi connectivity index (χ3v) is 3.88. The van der Waals surface area contributed by atoms with E-state index in [1.54, 1.807) is 0 Å². The zero-order valence-corrected chi connectivity index (χ0v) is 11.3. The molecular formula is C13H21N3O2. The highest BCUT2D eigenvalue weighted by Crippen LogP contribution is 2.19. The van der Waals surface area contributed by atoms with Crippen molar-refractivity contribution in [2.45, 2.75) is 26.7 Å². The largest absolute Gasteiger partial charge is 0.396 e. The molecule has 2 heterocycles. The summed E-state index contributed by atoms with van der Waals surface area (Å²) in [5.41, 5.74) is 3.02. The van der Waals surface area contributed by atoms with Crippen molar-refractivity contribution in [2.24, 2.45) is 13.0 Å². The predicted octanol–water partition coefficient (Wildman–Crippen LogP) is 0.420. The van der Waals surface area contributed by atoms with E-state index in [4.69, 9.17) is 5.11 Å². The first-order valence-corrected chi connectivity index (χ1v) is 6.40. The molecule has 1 fully saturated rings. The molecule has 5 heteroatoms. The van der Waals surface area contributed by atoms with Gasteiger partial charge in [-0.3, -0.25) is 9.48 Å². The van der Waals surface area contributed by atoms with E-state index < -0.39 is 0 Å². The summed E-state index contributed by atoms with van der Waals surface area (Å²) in [5, 5.41) is 13.4. The lowest BCUT2D eigenvalue weighted by atomic mass is 10.1. The van der Waals surface area contributed by atoms with Crippen LogP contribution in [-0.4, -0.2) is 45.4 Å². The molecule has 1 amide bonds. The molecule has 2 rings (SSSR count). The predicted molar refractivity (Wildman–Crippen MR) is 68.2 cm³/mol. The van der Waals surface area contributed by atoms with E-state index in [2.05, 4.69) is 5.10 Å². The zero-order chi connectivity index (χ0) is 13.3. The third kappa shape index (κ3) is 2.41. The van der Waals surface area contributed by atoms with E-state index in [9.17, 15) is 4.79 Å². The number of carbonyl (C=O) groups excluding carboxylic acids is 1. The molecule has 0 aliphatic carbocycles. The molecule has 1 unspecified atom stereocenters. The average molecular weight is 251 g/mol. The second-order valence-corrected chi connectivity index (χ2v) is 5.13. The topological polar surface area (TPSA) is 58.4 Å². The molecule has 0 radical (unpaired) electrons. The van der Waals surface area contributed by atoms with Crippen LogP contribution < -0.4 is 0 Å². The normalized spacial score (nSPS) is 19.6. The van der Waals surface area contributed by atoms with Crippen LogP contribution in [0.2, 0.25) is 0 Å². The van der Waals surface area contributed by atoms with Gasteiger partial charge in [0.25, 0.3) is 0 Å². The number of carbonyl (C=O) groups is 1. The molecule has 100 valence electrons. The van der Waals surface area contributed by atoms with Crippen molar-refractivity contribution in [3.05, 3.63) is 17.0 Å². The van der Waals surface area contributed by atoms with Crippen molar-refractivity contribution in [1.82, 2.24) is 14.7 Å². The Hall–Kier alpha value is -1.36. The van der Waals surface area contributed by atoms with Gasteiger partial charge in [0.15, 0.2) is 0 Å². The van der Waals surface area contributed by atoms with Crippen LogP contribution in [0.25, 0.3) is 0 Å². The van der Waals surface area contributed by atoms with Gasteiger partial charge in [-0.05, 0) is 20.3 Å². The van der Waals surface area contributed by atoms with E-state index in [1.807, 2.05) is 30.5 Å². The SMILES string of the molecule is Cc1nn(C)c(C)c1CC(=O)N1CCC(CO)C1. The summed E-state index contributed by atoms with van der Waals surface area (Å²) in [6, 6.07) is 0. The van der Waals surface area contributed by atoms with Gasteiger partial charge in [0.05, 0.1) is 12.1 Å². The molecule has 0 saturated carbocycles. The van der Waals surface area contributed by atoms with Crippen LogP contribution in [-0.2, 0) is 18.3 Å². The van der Waals surface area contributed by atoms with Crippen LogP contribution in [0.3, 0.4) is 0 Å². The quantitative estimate of drug-likeness (QED) is 0.847. The molecule has 1 aliphatic heterocycles. The summed E-state index contributed by atoms with van der Waals surface area (Å²) in [4.78, 5) is 14.1. The maximum atomic E-state index is 12.2. The fraction of sp³-hybridized carbons (Fsp3) is 0.692. The summed E-state index contributed by atoms with van der Waals surface area (Å²) in [5.74, 6) is 0.398. The van der Waals surface area contributed by atoms with Crippen molar-refractivity contribution in [3.63, 3.8) is 0 Å². The Labute approximate surface area is 107 Å². The number of rotatable bonds is 3. The lowest BCUT2D eigenvalue weighted by molar-refractivity contribution is -0.129. The van der Waals surface area contributed by atoms with Gasteiger partial charge in [-0.15, -0.1) is 0 Å². The number of aryl methyl sites for hydroxylation is 2. The van der Waals surface area contributed by atoms with Crippen LogP contribution in [0.1, 0.15) is 23.4 Å². The Morgan fingerprint density at radius 3 is 2.72 bits per heavy atom. The fourth-order valence-electron chi connectivity index (χ4n) is 2.54. The molecule has 1 N–H and O–H groups in total. The van der Waals surface area contributed by atoms with Gasteiger partial charge in [-0.1, -0.05) is 0 Å². The smallest absolute Gasteiger partial charge is 0.227 e. The standard InChI is InChI=1S/C13H21N3O2/c1-9-12(10(2)15(3)14-9)6-13(18)16-5-4-11(7-16)8-17/h11,17H,4-8H2,1-3H3. The molecule has 0 aromatic carbocycles. The minimum absolute atomic E-state index is 0.144. The van der Waals surface area contributed by atoms with Crippen LogP contribution in [0.5, 0.6) is 0 Å². The summed E-state index contributed by atoms with van der Waals surface area (Å²) in [6.07, 6.45) is 1.33. The number of aromatic nitrogens is 2. The average Bonchev–Trinajstić information content (AvgIpc) is 2.90. The summed E-state index contributed by atoms with van der Waals surface area (Å²) in [7, 11) is 1.90. The highest BCUT2D eigenvalue weighted by atomic mass is 16.3. The Morgan fingerprint density at radius 1 is 1.50 bits per heavy atom. The van der Waals surface area contributed by atoms with Crippen LogP contribution in [0.15, 0.2) is 0 Å². The molecule has 1 aromatic rings. The van der Waals surface area contributed by atoms with Gasteiger partial charge in [0.2, 0.25) is 5.91 Å². The molecule has 1 atom stereocenters. The second kappa shape index (κ2) is 5.10. The van der Waals surface area contributed by atoms with Gasteiger partial charge in [-0.25, -0.2) is 0 Å². The van der Waals surface area contributed by atoms with Crippen LogP contribution in [0.4, 0.5) is 0 Å². The molecule has 0 spiro atoms. The Bertz CT molecular complexity index is 453. The van der Waals surface area contributed by atoms with Gasteiger partial charge >= 0.3 is 0 Å². The van der Waals surface area contributed by atoms with Gasteiger partial charge in [0.1, 0.15) is 0 Å². The molecule has 1 saturated heterocycles. The van der Waals surface area contributed by atoms with E-state index in [-0.39, 0.29) is 18.4 Å². The number of hydrogen-bond donors (Lipinski definition) is 1. The molecule has 0 bridgehead atoms. The molecule has 18 heavy (non-hydrogen) atoms. The zero-order valence-electron chi connectivity index (χ0n) is 11.3. The number of nitrogens with zero attached hydrogens (tertiary/aromatic N) is 3. The van der Waals surface area contributed by atoms with E-state index in [0.717, 1.165) is 29.9 Å². The van der Waals surface area contributed by atoms with Crippen molar-refractivity contribution < 1.29 is 9.90 Å². The molecule has 1 aliphatic rings. The maximum absolute atomic E-state index is 12.2. The highest BCUT2D eigenvalue weighted by molar-refractivity contribution is 5.79. The first-order chi connectivity index (χ1) is 8.52. The first-order valence-electron chi connectivity index (χ1n) is 6.40. The minimum Gasteiger partial charge on any atom is -0.396 e. The highest BCUT2D eigenvalue weighted by Gasteiger charge is 2.26. The molecule has 5 nitrogen and oxygen atoms in total. The van der Waals surface area contributed by atoms with Crippen molar-refractivity contribution in [3.8, 4) is 0 Å². The lowest BCUT2D eigenvalue weighted by Crippen LogP contribution is -2.30. The number of likely N-dealkylation sites (tertiary alicyclic amines) is 1. The maximum Gasteiger partial charge on any atom is 0.227 e. The van der Waals surface area contributed by atoms with Crippen molar-refractivity contribution in [1.29, 1.82) is 0 Å². The van der Waals surface area contributed by atoms with Gasteiger partial charge in [0, 0.05) is 43.9 Å². The Kier molecular flexibility index (Phi) is 3.71. The summed E-state index contributed by atoms with van der Waals surface area (Å²) < 4.78 is 1.82. The van der Waals surface area contributed by atoms with Crippen molar-refractivity contribution >= 4 is 5.91 Å². The van der Waals surface area contributed by atoms with E-state index in [0.29, 0.717) is 13.0 Å². The van der Waals surface area contributed by atoms with Crippen LogP contribution in [0, 0.1) is 19.8 Å². The van der Waals surface area contributed by atoms with E-state index in [1.165, 1.54) is 0 Å². The number of aliphatic hydroxyl groups is 1. The molecule has 1 aromatic heterocycles. The van der Waals surface area contributed by atoms with E-state index >= 15 is 0 Å². The van der Waals surface area contributed by atoms with Crippen molar-refractivity contribution in [2.75, 3.05) is 19.7 Å². The third-order valence-electron chi connectivity index (χ3n) is 3.88. The summed E-state index contributed by atoms with van der Waals surface area (Å²) >= 11 is 0. The lowest BCUT2D eigenvalue weighted by Gasteiger charge is -2.16. The van der Waals surface area contributed by atoms with Gasteiger partial charge in [-0.2, -0.15) is 5.10 Å². The minimum atomic E-state index is 0.144. The number of aliphatic hydroxyl groups excluding tert-OH is 1. The van der Waals surface area contributed by atoms with Crippen LogP contribution >= 0.6 is 0 Å². The number of amides is 1. The first kappa shape index (κ1) is 13.1. The van der Waals surface area contributed by atoms with Gasteiger partial charge < -0.3 is 10.0 Å². The Morgan fingerprint density at radius 2 is 2.22 bits per heavy atom. The monoisotopic (exact) mass is 251 g/mol. The number of hydrogen-bond acceptors (Lipinski definition) is 3.